The number of halogens is 13. The van der Waals surface area contributed by atoms with Gasteiger partial charge in [-0.3, -0.25) is 4.79 Å². The van der Waals surface area contributed by atoms with Crippen LogP contribution in [0.3, 0.4) is 0 Å². The van der Waals surface area contributed by atoms with Gasteiger partial charge in [0, 0.05) is 4.88 Å². The van der Waals surface area contributed by atoms with E-state index in [9.17, 15) is 66.7 Å². The lowest BCUT2D eigenvalue weighted by Crippen LogP contribution is -2.71. The molecule has 1 amide bonds. The first-order valence-electron chi connectivity index (χ1n) is 8.87. The van der Waals surface area contributed by atoms with E-state index in [1.165, 1.54) is 27.7 Å². The summed E-state index contributed by atoms with van der Waals surface area (Å²) >= 11 is 0.257. The van der Waals surface area contributed by atoms with Gasteiger partial charge < -0.3 is 10.1 Å². The van der Waals surface area contributed by atoms with Gasteiger partial charge in [0.1, 0.15) is 5.00 Å². The molecule has 0 bridgehead atoms. The minimum Gasteiger partial charge on any atom is -0.459 e. The smallest absolute Gasteiger partial charge is 0.459 e. The van der Waals surface area contributed by atoms with Crippen LogP contribution in [0, 0.1) is 13.8 Å². The van der Waals surface area contributed by atoms with Crippen LogP contribution in [0.1, 0.15) is 34.6 Å². The molecule has 0 unspecified atom stereocenters. The summed E-state index contributed by atoms with van der Waals surface area (Å²) in [5.41, 5.74) is -0.776. The number of carbonyl (C=O) groups is 2. The normalized spacial score (nSPS) is 14.3. The van der Waals surface area contributed by atoms with Crippen molar-refractivity contribution in [1.29, 1.82) is 0 Å². The first kappa shape index (κ1) is 30.8. The second kappa shape index (κ2) is 8.99. The molecule has 1 rings (SSSR count). The highest BCUT2D eigenvalue weighted by Crippen LogP contribution is 2.60. The number of nitrogens with one attached hydrogen (secondary N) is 1. The Morgan fingerprint density at radius 1 is 0.771 bits per heavy atom. The number of anilines is 1. The highest BCUT2D eigenvalue weighted by Gasteiger charge is 2.91. The second-order valence-corrected chi connectivity index (χ2v) is 8.49. The average molecular weight is 559 g/mol. The Morgan fingerprint density at radius 2 is 1.20 bits per heavy atom. The molecule has 18 heteroatoms. The zero-order valence-electron chi connectivity index (χ0n) is 17.6. The standard InChI is InChI=1S/C17H14F13NO3S/c1-5(2)34-10(32)8-6(3)7(4)35-9(8)31-11(33)12(18,19)13(20,21)14(22,23)15(24,25)16(26,27)17(28,29)30/h5H,1-4H3,(H,31,33). The van der Waals surface area contributed by atoms with Crippen molar-refractivity contribution in [3.05, 3.63) is 16.0 Å². The van der Waals surface area contributed by atoms with Gasteiger partial charge in [0.15, 0.2) is 0 Å². The van der Waals surface area contributed by atoms with Crippen molar-refractivity contribution < 1.29 is 71.4 Å². The minimum atomic E-state index is -8.13. The highest BCUT2D eigenvalue weighted by molar-refractivity contribution is 7.16. The van der Waals surface area contributed by atoms with Gasteiger partial charge in [-0.2, -0.15) is 57.1 Å². The van der Waals surface area contributed by atoms with Crippen molar-refractivity contribution in [3.63, 3.8) is 0 Å². The zero-order chi connectivity index (χ0) is 28.2. The van der Waals surface area contributed by atoms with E-state index in [1.807, 2.05) is 0 Å². The lowest BCUT2D eigenvalue weighted by Gasteiger charge is -2.39. The Hall–Kier alpha value is -2.27. The molecule has 1 aromatic rings. The highest BCUT2D eigenvalue weighted by atomic mass is 32.1. The third kappa shape index (κ3) is 4.76. The molecule has 0 aliphatic rings. The SMILES string of the molecule is Cc1sc(NC(=O)C(F)(F)C(F)(F)C(F)(F)C(F)(F)C(F)(F)C(F)(F)F)c(C(=O)OC(C)C)c1C. The molecule has 0 radical (unpaired) electrons. The molecule has 35 heavy (non-hydrogen) atoms. The number of alkyl halides is 13. The summed E-state index contributed by atoms with van der Waals surface area (Å²) in [5, 5.41) is -0.0723. The van der Waals surface area contributed by atoms with Crippen molar-refractivity contribution in [1.82, 2.24) is 0 Å². The van der Waals surface area contributed by atoms with E-state index in [4.69, 9.17) is 4.74 Å². The summed E-state index contributed by atoms with van der Waals surface area (Å²) in [7, 11) is 0. The molecule has 202 valence electrons. The van der Waals surface area contributed by atoms with Crippen LogP contribution in [0.5, 0.6) is 0 Å². The Morgan fingerprint density at radius 3 is 1.60 bits per heavy atom. The van der Waals surface area contributed by atoms with Crippen LogP contribution in [0.2, 0.25) is 0 Å². The molecule has 0 fully saturated rings. The van der Waals surface area contributed by atoms with Gasteiger partial charge in [0.2, 0.25) is 0 Å². The quantitative estimate of drug-likeness (QED) is 0.288. The summed E-state index contributed by atoms with van der Waals surface area (Å²) in [6, 6.07) is 0. The van der Waals surface area contributed by atoms with Gasteiger partial charge in [0.25, 0.3) is 0 Å². The maximum absolute atomic E-state index is 14.0. The van der Waals surface area contributed by atoms with E-state index in [-0.39, 0.29) is 21.8 Å². The number of thiophene rings is 1. The molecule has 0 spiro atoms. The topological polar surface area (TPSA) is 55.4 Å². The van der Waals surface area contributed by atoms with Crippen LogP contribution < -0.4 is 5.32 Å². The Balaban J connectivity index is 3.51. The molecule has 0 aliphatic heterocycles. The van der Waals surface area contributed by atoms with E-state index >= 15 is 0 Å². The fourth-order valence-electron chi connectivity index (χ4n) is 2.33. The van der Waals surface area contributed by atoms with Crippen LogP contribution in [0.15, 0.2) is 0 Å². The molecular formula is C17H14F13NO3S. The van der Waals surface area contributed by atoms with Crippen molar-refractivity contribution in [2.75, 3.05) is 5.32 Å². The van der Waals surface area contributed by atoms with E-state index in [1.54, 1.807) is 0 Å². The fraction of sp³-hybridized carbons (Fsp3) is 0.647. The number of hydrogen-bond donors (Lipinski definition) is 1. The lowest BCUT2D eigenvalue weighted by molar-refractivity contribution is -0.435. The predicted molar refractivity (Wildman–Crippen MR) is 93.8 cm³/mol. The number of amides is 1. The van der Waals surface area contributed by atoms with Crippen molar-refractivity contribution in [2.24, 2.45) is 0 Å². The Labute approximate surface area is 191 Å². The van der Waals surface area contributed by atoms with Gasteiger partial charge in [-0.15, -0.1) is 11.3 Å². The summed E-state index contributed by atoms with van der Waals surface area (Å²) in [6.07, 6.45) is -8.40. The van der Waals surface area contributed by atoms with Crippen molar-refractivity contribution in [2.45, 2.75) is 69.6 Å². The number of aryl methyl sites for hydroxylation is 1. The molecule has 0 atom stereocenters. The second-order valence-electron chi connectivity index (χ2n) is 7.27. The van der Waals surface area contributed by atoms with E-state index in [2.05, 4.69) is 0 Å². The zero-order valence-corrected chi connectivity index (χ0v) is 18.4. The Bertz CT molecular complexity index is 983. The summed E-state index contributed by atoms with van der Waals surface area (Å²) in [4.78, 5) is 23.9. The van der Waals surface area contributed by atoms with Crippen LogP contribution in [-0.2, 0) is 9.53 Å². The number of hydrogen-bond acceptors (Lipinski definition) is 4. The maximum atomic E-state index is 14.0. The lowest BCUT2D eigenvalue weighted by atomic mass is 9.93. The van der Waals surface area contributed by atoms with Crippen molar-refractivity contribution >= 4 is 28.2 Å². The summed E-state index contributed by atoms with van der Waals surface area (Å²) in [6.45, 7) is 5.03. The number of esters is 1. The van der Waals surface area contributed by atoms with Crippen LogP contribution in [-0.4, -0.2) is 53.8 Å². The molecule has 0 aliphatic carbocycles. The van der Waals surface area contributed by atoms with Gasteiger partial charge in [-0.25, -0.2) is 4.79 Å². The molecule has 0 aromatic carbocycles. The molecular weight excluding hydrogens is 545 g/mol. The minimum absolute atomic E-state index is 0.0623. The van der Waals surface area contributed by atoms with Gasteiger partial charge in [-0.05, 0) is 33.3 Å². The first-order valence-corrected chi connectivity index (χ1v) is 9.68. The maximum Gasteiger partial charge on any atom is 0.460 e. The largest absolute Gasteiger partial charge is 0.460 e. The molecule has 0 saturated carbocycles. The van der Waals surface area contributed by atoms with E-state index in [0.29, 0.717) is 0 Å². The predicted octanol–water partition coefficient (Wildman–Crippen LogP) is 6.61. The molecule has 4 nitrogen and oxygen atoms in total. The first-order chi connectivity index (χ1) is 15.3. The Kier molecular flexibility index (Phi) is 7.90. The third-order valence-corrected chi connectivity index (χ3v) is 5.50. The number of rotatable bonds is 8. The molecule has 1 aromatic heterocycles. The number of carbonyl (C=O) groups excluding carboxylic acids is 2. The molecule has 1 heterocycles. The van der Waals surface area contributed by atoms with Crippen LogP contribution in [0.4, 0.5) is 62.1 Å². The van der Waals surface area contributed by atoms with Gasteiger partial charge in [-0.1, -0.05) is 0 Å². The van der Waals surface area contributed by atoms with E-state index in [0.717, 1.165) is 5.32 Å². The van der Waals surface area contributed by atoms with Gasteiger partial charge in [0.05, 0.1) is 11.7 Å². The molecule has 1 N–H and O–H groups in total. The fourth-order valence-corrected chi connectivity index (χ4v) is 3.37. The van der Waals surface area contributed by atoms with Gasteiger partial charge >= 0.3 is 47.7 Å². The third-order valence-electron chi connectivity index (χ3n) is 4.38. The van der Waals surface area contributed by atoms with Crippen molar-refractivity contribution in [3.8, 4) is 0 Å². The number of ether oxygens (including phenoxy) is 1. The monoisotopic (exact) mass is 559 g/mol. The van der Waals surface area contributed by atoms with E-state index < -0.39 is 64.3 Å². The molecule has 0 saturated heterocycles. The van der Waals surface area contributed by atoms with Crippen LogP contribution in [0.25, 0.3) is 0 Å². The summed E-state index contributed by atoms with van der Waals surface area (Å²) < 4.78 is 176. The van der Waals surface area contributed by atoms with Crippen LogP contribution >= 0.6 is 11.3 Å². The summed E-state index contributed by atoms with van der Waals surface area (Å²) in [5.74, 6) is -43.7. The average Bonchev–Trinajstić information content (AvgIpc) is 2.92.